The zero-order chi connectivity index (χ0) is 13.7. The normalized spacial score (nSPS) is 18.7. The Balaban J connectivity index is 1.79. The number of benzene rings is 1. The van der Waals surface area contributed by atoms with E-state index in [-0.39, 0.29) is 17.9 Å². The number of nitrogens with one attached hydrogen (secondary N) is 1. The summed E-state index contributed by atoms with van der Waals surface area (Å²) < 4.78 is 11.1. The summed E-state index contributed by atoms with van der Waals surface area (Å²) >= 11 is 5.84. The van der Waals surface area contributed by atoms with Gasteiger partial charge in [-0.05, 0) is 31.9 Å². The lowest BCUT2D eigenvalue weighted by Gasteiger charge is -2.25. The minimum absolute atomic E-state index is 0.137. The van der Waals surface area contributed by atoms with E-state index in [1.165, 1.54) is 0 Å². The van der Waals surface area contributed by atoms with E-state index >= 15 is 0 Å². The Labute approximate surface area is 118 Å². The Morgan fingerprint density at radius 2 is 2.21 bits per heavy atom. The number of ether oxygens (including phenoxy) is 2. The summed E-state index contributed by atoms with van der Waals surface area (Å²) in [6.07, 6.45) is 1.16. The molecular formula is C14H18ClNO3. The van der Waals surface area contributed by atoms with Crippen LogP contribution in [0.3, 0.4) is 0 Å². The lowest BCUT2D eigenvalue weighted by Crippen LogP contribution is -2.44. The molecule has 1 amide bonds. The molecule has 1 heterocycles. The highest BCUT2D eigenvalue weighted by atomic mass is 35.5. The predicted octanol–water partition coefficient (Wildman–Crippen LogP) is 2.35. The topological polar surface area (TPSA) is 47.6 Å². The van der Waals surface area contributed by atoms with Crippen LogP contribution in [0.4, 0.5) is 0 Å². The van der Waals surface area contributed by atoms with Gasteiger partial charge in [-0.1, -0.05) is 12.1 Å². The summed E-state index contributed by atoms with van der Waals surface area (Å²) in [5, 5.41) is 2.97. The van der Waals surface area contributed by atoms with Crippen LogP contribution in [0, 0.1) is 0 Å². The van der Waals surface area contributed by atoms with Crippen LogP contribution < -0.4 is 14.8 Å². The van der Waals surface area contributed by atoms with Crippen molar-refractivity contribution in [3.63, 3.8) is 0 Å². The highest BCUT2D eigenvalue weighted by Gasteiger charge is 2.26. The highest BCUT2D eigenvalue weighted by Crippen LogP contribution is 2.30. The Hall–Kier alpha value is -1.42. The Bertz CT molecular complexity index is 436. The largest absolute Gasteiger partial charge is 0.485 e. The van der Waals surface area contributed by atoms with E-state index in [1.807, 2.05) is 25.1 Å². The summed E-state index contributed by atoms with van der Waals surface area (Å²) in [6.45, 7) is 2.80. The molecule has 0 spiro atoms. The first kappa shape index (κ1) is 14.0. The number of rotatable bonds is 5. The van der Waals surface area contributed by atoms with Gasteiger partial charge in [0.15, 0.2) is 11.5 Å². The van der Waals surface area contributed by atoms with Crippen molar-refractivity contribution in [3.8, 4) is 11.5 Å². The quantitative estimate of drug-likeness (QED) is 0.666. The third-order valence-electron chi connectivity index (χ3n) is 2.88. The van der Waals surface area contributed by atoms with Gasteiger partial charge in [0.2, 0.25) is 6.10 Å². The van der Waals surface area contributed by atoms with Crippen molar-refractivity contribution in [3.05, 3.63) is 24.3 Å². The first-order valence-corrected chi connectivity index (χ1v) is 6.90. The third-order valence-corrected chi connectivity index (χ3v) is 3.10. The molecule has 1 aromatic rings. The SMILES string of the molecule is CC(Cl)CCCNC(=O)C1COc2ccccc2O1. The molecule has 1 aliphatic heterocycles. The van der Waals surface area contributed by atoms with Crippen LogP contribution in [-0.4, -0.2) is 30.5 Å². The molecule has 0 aliphatic carbocycles. The standard InChI is InChI=1S/C14H18ClNO3/c1-10(15)5-4-8-16-14(17)13-9-18-11-6-2-3-7-12(11)19-13/h2-3,6-7,10,13H,4-5,8-9H2,1H3,(H,16,17). The van der Waals surface area contributed by atoms with Crippen LogP contribution in [0.15, 0.2) is 24.3 Å². The fourth-order valence-corrected chi connectivity index (χ4v) is 2.01. The van der Waals surface area contributed by atoms with Crippen LogP contribution in [0.1, 0.15) is 19.8 Å². The number of hydrogen-bond acceptors (Lipinski definition) is 3. The van der Waals surface area contributed by atoms with E-state index in [0.29, 0.717) is 18.0 Å². The molecular weight excluding hydrogens is 266 g/mol. The first-order chi connectivity index (χ1) is 9.16. The van der Waals surface area contributed by atoms with Crippen molar-refractivity contribution >= 4 is 17.5 Å². The van der Waals surface area contributed by atoms with Crippen molar-refractivity contribution in [2.75, 3.05) is 13.2 Å². The third kappa shape index (κ3) is 4.03. The molecule has 0 bridgehead atoms. The molecule has 0 aromatic heterocycles. The van der Waals surface area contributed by atoms with Crippen LogP contribution in [0.5, 0.6) is 11.5 Å². The summed E-state index contributed by atoms with van der Waals surface area (Å²) in [6, 6.07) is 7.34. The Morgan fingerprint density at radius 3 is 2.95 bits per heavy atom. The lowest BCUT2D eigenvalue weighted by atomic mass is 10.2. The number of hydrogen-bond donors (Lipinski definition) is 1. The summed E-state index contributed by atoms with van der Waals surface area (Å²) in [5.74, 6) is 1.16. The van der Waals surface area contributed by atoms with E-state index in [1.54, 1.807) is 6.07 Å². The van der Waals surface area contributed by atoms with Crippen LogP contribution in [-0.2, 0) is 4.79 Å². The summed E-state index contributed by atoms with van der Waals surface area (Å²) in [4.78, 5) is 11.9. The van der Waals surface area contributed by atoms with E-state index in [4.69, 9.17) is 21.1 Å². The average Bonchev–Trinajstić information content (AvgIpc) is 2.42. The van der Waals surface area contributed by atoms with Crippen molar-refractivity contribution in [2.45, 2.75) is 31.2 Å². The fourth-order valence-electron chi connectivity index (χ4n) is 1.86. The number of carbonyl (C=O) groups is 1. The van der Waals surface area contributed by atoms with Crippen LogP contribution in [0.25, 0.3) is 0 Å². The average molecular weight is 284 g/mol. The summed E-state index contributed by atoms with van der Waals surface area (Å²) in [5.41, 5.74) is 0. The van der Waals surface area contributed by atoms with Crippen molar-refractivity contribution < 1.29 is 14.3 Å². The van der Waals surface area contributed by atoms with Gasteiger partial charge in [-0.15, -0.1) is 11.6 Å². The molecule has 5 heteroatoms. The molecule has 4 nitrogen and oxygen atoms in total. The number of amides is 1. The van der Waals surface area contributed by atoms with Gasteiger partial charge in [0, 0.05) is 11.9 Å². The maximum Gasteiger partial charge on any atom is 0.264 e. The minimum atomic E-state index is -0.580. The van der Waals surface area contributed by atoms with Crippen molar-refractivity contribution in [1.29, 1.82) is 0 Å². The fraction of sp³-hybridized carbons (Fsp3) is 0.500. The van der Waals surface area contributed by atoms with E-state index < -0.39 is 6.10 Å². The van der Waals surface area contributed by atoms with Crippen molar-refractivity contribution in [2.24, 2.45) is 0 Å². The molecule has 2 rings (SSSR count). The molecule has 0 saturated heterocycles. The number of halogens is 1. The zero-order valence-corrected chi connectivity index (χ0v) is 11.7. The molecule has 104 valence electrons. The van der Waals surface area contributed by atoms with Crippen molar-refractivity contribution in [1.82, 2.24) is 5.32 Å². The zero-order valence-electron chi connectivity index (χ0n) is 10.9. The van der Waals surface area contributed by atoms with Gasteiger partial charge >= 0.3 is 0 Å². The van der Waals surface area contributed by atoms with Gasteiger partial charge in [0.1, 0.15) is 6.61 Å². The molecule has 2 atom stereocenters. The molecule has 1 aliphatic rings. The highest BCUT2D eigenvalue weighted by molar-refractivity contribution is 6.20. The number of para-hydroxylation sites is 2. The second-order valence-corrected chi connectivity index (χ2v) is 5.32. The lowest BCUT2D eigenvalue weighted by molar-refractivity contribution is -0.130. The van der Waals surface area contributed by atoms with E-state index in [2.05, 4.69) is 5.32 Å². The maximum atomic E-state index is 11.9. The second kappa shape index (κ2) is 6.66. The molecule has 19 heavy (non-hydrogen) atoms. The van der Waals surface area contributed by atoms with Crippen LogP contribution in [0.2, 0.25) is 0 Å². The molecule has 0 radical (unpaired) electrons. The Morgan fingerprint density at radius 1 is 1.47 bits per heavy atom. The summed E-state index contributed by atoms with van der Waals surface area (Å²) in [7, 11) is 0. The molecule has 1 N–H and O–H groups in total. The minimum Gasteiger partial charge on any atom is -0.485 e. The first-order valence-electron chi connectivity index (χ1n) is 6.47. The van der Waals surface area contributed by atoms with Gasteiger partial charge in [-0.25, -0.2) is 0 Å². The monoisotopic (exact) mass is 283 g/mol. The molecule has 0 fully saturated rings. The van der Waals surface area contributed by atoms with Gasteiger partial charge in [-0.3, -0.25) is 4.79 Å². The number of carbonyl (C=O) groups excluding carboxylic acids is 1. The maximum absolute atomic E-state index is 11.9. The predicted molar refractivity (Wildman–Crippen MR) is 73.9 cm³/mol. The number of alkyl halides is 1. The number of fused-ring (bicyclic) bond motifs is 1. The molecule has 1 aromatic carbocycles. The smallest absolute Gasteiger partial charge is 0.264 e. The van der Waals surface area contributed by atoms with Gasteiger partial charge < -0.3 is 14.8 Å². The van der Waals surface area contributed by atoms with Crippen LogP contribution >= 0.6 is 11.6 Å². The Kier molecular flexibility index (Phi) is 4.91. The molecule has 0 saturated carbocycles. The van der Waals surface area contributed by atoms with Gasteiger partial charge in [0.05, 0.1) is 0 Å². The van der Waals surface area contributed by atoms with E-state index in [0.717, 1.165) is 12.8 Å². The second-order valence-electron chi connectivity index (χ2n) is 4.58. The van der Waals surface area contributed by atoms with Gasteiger partial charge in [-0.2, -0.15) is 0 Å². The van der Waals surface area contributed by atoms with E-state index in [9.17, 15) is 4.79 Å². The molecule has 2 unspecified atom stereocenters. The van der Waals surface area contributed by atoms with Gasteiger partial charge in [0.25, 0.3) is 5.91 Å².